The number of hydrogen-bond acceptors (Lipinski definition) is 1. The maximum Gasteiger partial charge on any atom is 0.314 e. The highest BCUT2D eigenvalue weighted by atomic mass is 16.4. The second kappa shape index (κ2) is 3.09. The number of rotatable bonds is 2. The van der Waals surface area contributed by atoms with Crippen LogP contribution in [0.3, 0.4) is 0 Å². The molecule has 0 amide bonds. The van der Waals surface area contributed by atoms with Gasteiger partial charge in [0.15, 0.2) is 0 Å². The zero-order chi connectivity index (χ0) is 12.1. The van der Waals surface area contributed by atoms with Crippen molar-refractivity contribution in [1.82, 2.24) is 0 Å². The molecule has 1 aromatic rings. The van der Waals surface area contributed by atoms with E-state index in [1.807, 2.05) is 45.9 Å². The lowest BCUT2D eigenvalue weighted by molar-refractivity contribution is -0.141. The van der Waals surface area contributed by atoms with Crippen molar-refractivity contribution in [3.63, 3.8) is 0 Å². The van der Waals surface area contributed by atoms with Crippen molar-refractivity contribution in [1.29, 1.82) is 0 Å². The lowest BCUT2D eigenvalue weighted by Gasteiger charge is -2.17. The van der Waals surface area contributed by atoms with Gasteiger partial charge >= 0.3 is 5.97 Å². The first-order valence-electron chi connectivity index (χ1n) is 5.62. The van der Waals surface area contributed by atoms with E-state index in [-0.39, 0.29) is 5.41 Å². The first-order chi connectivity index (χ1) is 7.31. The highest BCUT2D eigenvalue weighted by Gasteiger charge is 2.67. The topological polar surface area (TPSA) is 37.3 Å². The summed E-state index contributed by atoms with van der Waals surface area (Å²) in [5.41, 5.74) is 2.54. The van der Waals surface area contributed by atoms with Crippen LogP contribution in [0.25, 0.3) is 0 Å². The van der Waals surface area contributed by atoms with Gasteiger partial charge in [-0.05, 0) is 42.4 Å². The fraction of sp³-hybridized carbons (Fsp3) is 0.500. The molecule has 86 valence electrons. The van der Waals surface area contributed by atoms with E-state index in [0.29, 0.717) is 0 Å². The number of aliphatic carboxylic acids is 1. The Kier molecular flexibility index (Phi) is 2.16. The summed E-state index contributed by atoms with van der Waals surface area (Å²) in [6, 6.07) is 6.01. The third-order valence-electron chi connectivity index (χ3n) is 4.10. The molecule has 1 aliphatic rings. The Hall–Kier alpha value is -1.31. The lowest BCUT2D eigenvalue weighted by atomic mass is 9.86. The van der Waals surface area contributed by atoms with Gasteiger partial charge in [-0.1, -0.05) is 32.0 Å². The first-order valence-corrected chi connectivity index (χ1v) is 5.62. The van der Waals surface area contributed by atoms with Crippen molar-refractivity contribution in [3.05, 3.63) is 34.9 Å². The average molecular weight is 218 g/mol. The van der Waals surface area contributed by atoms with Gasteiger partial charge in [0.25, 0.3) is 0 Å². The minimum atomic E-state index is -0.694. The molecule has 0 aromatic heterocycles. The fourth-order valence-corrected chi connectivity index (χ4v) is 2.61. The molecule has 2 heteroatoms. The van der Waals surface area contributed by atoms with Crippen LogP contribution in [0.1, 0.15) is 37.0 Å². The Balaban J connectivity index is 2.51. The molecule has 0 spiro atoms. The van der Waals surface area contributed by atoms with Gasteiger partial charge in [0.2, 0.25) is 0 Å². The lowest BCUT2D eigenvalue weighted by Crippen LogP contribution is -2.25. The summed E-state index contributed by atoms with van der Waals surface area (Å²) in [6.07, 6.45) is 0.734. The molecule has 0 saturated heterocycles. The van der Waals surface area contributed by atoms with Crippen LogP contribution in [-0.4, -0.2) is 11.1 Å². The van der Waals surface area contributed by atoms with Gasteiger partial charge in [0.05, 0.1) is 5.41 Å². The number of carbonyl (C=O) groups is 1. The van der Waals surface area contributed by atoms with Crippen LogP contribution >= 0.6 is 0 Å². The summed E-state index contributed by atoms with van der Waals surface area (Å²) in [5.74, 6) is -0.694. The van der Waals surface area contributed by atoms with E-state index in [2.05, 4.69) is 0 Å². The molecule has 16 heavy (non-hydrogen) atoms. The van der Waals surface area contributed by atoms with Gasteiger partial charge in [-0.15, -0.1) is 0 Å². The highest BCUT2D eigenvalue weighted by Crippen LogP contribution is 2.64. The molecule has 0 radical (unpaired) electrons. The number of aryl methyl sites for hydroxylation is 2. The molecular formula is C14H18O2. The van der Waals surface area contributed by atoms with Crippen LogP contribution in [0.15, 0.2) is 18.2 Å². The molecular weight excluding hydrogens is 200 g/mol. The number of carboxylic acids is 1. The van der Waals surface area contributed by atoms with Gasteiger partial charge in [-0.3, -0.25) is 4.79 Å². The minimum Gasteiger partial charge on any atom is -0.481 e. The number of benzene rings is 1. The van der Waals surface area contributed by atoms with Gasteiger partial charge in [0.1, 0.15) is 0 Å². The average Bonchev–Trinajstić information content (AvgIpc) is 2.75. The third-order valence-corrected chi connectivity index (χ3v) is 4.10. The predicted octanol–water partition coefficient (Wildman–Crippen LogP) is 3.06. The van der Waals surface area contributed by atoms with Crippen LogP contribution in [0.2, 0.25) is 0 Å². The Morgan fingerprint density at radius 3 is 2.19 bits per heavy atom. The van der Waals surface area contributed by atoms with Crippen molar-refractivity contribution in [2.45, 2.75) is 39.5 Å². The molecule has 1 unspecified atom stereocenters. The van der Waals surface area contributed by atoms with Crippen molar-refractivity contribution in [2.75, 3.05) is 0 Å². The summed E-state index contributed by atoms with van der Waals surface area (Å²) < 4.78 is 0. The smallest absolute Gasteiger partial charge is 0.314 e. The Bertz CT molecular complexity index is 460. The van der Waals surface area contributed by atoms with Crippen molar-refractivity contribution in [3.8, 4) is 0 Å². The molecule has 2 rings (SSSR count). The molecule has 1 atom stereocenters. The molecule has 0 heterocycles. The highest BCUT2D eigenvalue weighted by molar-refractivity contribution is 5.87. The normalized spacial score (nSPS) is 26.5. The molecule has 1 fully saturated rings. The van der Waals surface area contributed by atoms with Crippen LogP contribution in [-0.2, 0) is 10.2 Å². The second-order valence-corrected chi connectivity index (χ2v) is 5.57. The summed E-state index contributed by atoms with van der Waals surface area (Å²) in [5, 5.41) is 9.45. The molecule has 0 aliphatic heterocycles. The SMILES string of the molecule is Cc1ccc(C2(C(=O)O)CC2(C)C)cc1C. The summed E-state index contributed by atoms with van der Waals surface area (Å²) in [6.45, 7) is 8.13. The molecule has 2 nitrogen and oxygen atoms in total. The zero-order valence-corrected chi connectivity index (χ0v) is 10.3. The first kappa shape index (κ1) is 11.2. The van der Waals surface area contributed by atoms with Crippen LogP contribution in [0, 0.1) is 19.3 Å². The van der Waals surface area contributed by atoms with Crippen LogP contribution < -0.4 is 0 Å². The van der Waals surface area contributed by atoms with Gasteiger partial charge < -0.3 is 5.11 Å². The Morgan fingerprint density at radius 2 is 1.81 bits per heavy atom. The van der Waals surface area contributed by atoms with Crippen LogP contribution in [0.4, 0.5) is 0 Å². The molecule has 1 N–H and O–H groups in total. The van der Waals surface area contributed by atoms with E-state index in [9.17, 15) is 9.90 Å². The number of hydrogen-bond donors (Lipinski definition) is 1. The van der Waals surface area contributed by atoms with Crippen molar-refractivity contribution < 1.29 is 9.90 Å². The number of carboxylic acid groups (broad SMARTS) is 1. The van der Waals surface area contributed by atoms with Gasteiger partial charge in [-0.2, -0.15) is 0 Å². The second-order valence-electron chi connectivity index (χ2n) is 5.57. The quantitative estimate of drug-likeness (QED) is 0.828. The minimum absolute atomic E-state index is 0.124. The monoisotopic (exact) mass is 218 g/mol. The van der Waals surface area contributed by atoms with Gasteiger partial charge in [-0.25, -0.2) is 0 Å². The van der Waals surface area contributed by atoms with E-state index < -0.39 is 11.4 Å². The molecule has 1 aliphatic carbocycles. The standard InChI is InChI=1S/C14H18O2/c1-9-5-6-11(7-10(9)2)14(12(15)16)8-13(14,3)4/h5-7H,8H2,1-4H3,(H,15,16). The van der Waals surface area contributed by atoms with E-state index in [0.717, 1.165) is 12.0 Å². The zero-order valence-electron chi connectivity index (χ0n) is 10.3. The van der Waals surface area contributed by atoms with E-state index in [1.54, 1.807) is 0 Å². The fourth-order valence-electron chi connectivity index (χ4n) is 2.61. The van der Waals surface area contributed by atoms with Crippen molar-refractivity contribution >= 4 is 5.97 Å². The molecule has 1 saturated carbocycles. The van der Waals surface area contributed by atoms with E-state index in [4.69, 9.17) is 0 Å². The van der Waals surface area contributed by atoms with E-state index in [1.165, 1.54) is 11.1 Å². The maximum absolute atomic E-state index is 11.5. The molecule has 1 aromatic carbocycles. The summed E-state index contributed by atoms with van der Waals surface area (Å²) >= 11 is 0. The predicted molar refractivity (Wildman–Crippen MR) is 63.6 cm³/mol. The van der Waals surface area contributed by atoms with E-state index >= 15 is 0 Å². The Morgan fingerprint density at radius 1 is 1.25 bits per heavy atom. The maximum atomic E-state index is 11.5. The van der Waals surface area contributed by atoms with Gasteiger partial charge in [0, 0.05) is 0 Å². The Labute approximate surface area is 96.3 Å². The molecule has 0 bridgehead atoms. The summed E-state index contributed by atoms with van der Waals surface area (Å²) in [4.78, 5) is 11.5. The van der Waals surface area contributed by atoms with Crippen LogP contribution in [0.5, 0.6) is 0 Å². The van der Waals surface area contributed by atoms with Crippen molar-refractivity contribution in [2.24, 2.45) is 5.41 Å². The summed E-state index contributed by atoms with van der Waals surface area (Å²) in [7, 11) is 0. The third kappa shape index (κ3) is 1.29. The largest absolute Gasteiger partial charge is 0.481 e.